The van der Waals surface area contributed by atoms with Crippen molar-refractivity contribution in [3.63, 3.8) is 0 Å². The maximum Gasteiger partial charge on any atom is 0.182 e. The van der Waals surface area contributed by atoms with Gasteiger partial charge in [-0.2, -0.15) is 5.10 Å². The average molecular weight is 258 g/mol. The fraction of sp³-hybridized carbons (Fsp3) is 0.700. The first-order valence-corrected chi connectivity index (χ1v) is 7.58. The fourth-order valence-corrected chi connectivity index (χ4v) is 3.18. The zero-order valence-corrected chi connectivity index (χ0v) is 11.0. The summed E-state index contributed by atoms with van der Waals surface area (Å²) in [6, 6.07) is 0. The molecule has 6 nitrogen and oxygen atoms in total. The number of aryl methyl sites for hydroxylation is 1. The molecule has 0 aliphatic carbocycles. The zero-order valence-electron chi connectivity index (χ0n) is 10.2. The van der Waals surface area contributed by atoms with Gasteiger partial charge < -0.3 is 10.6 Å². The molecule has 0 saturated carbocycles. The molecule has 0 bridgehead atoms. The molecular weight excluding hydrogens is 240 g/mol. The molecule has 2 heterocycles. The second-order valence-electron chi connectivity index (χ2n) is 4.48. The van der Waals surface area contributed by atoms with Crippen molar-refractivity contribution in [2.75, 3.05) is 30.0 Å². The monoisotopic (exact) mass is 258 g/mol. The van der Waals surface area contributed by atoms with Gasteiger partial charge in [0.15, 0.2) is 20.6 Å². The molecule has 0 atom stereocenters. The van der Waals surface area contributed by atoms with E-state index in [9.17, 15) is 8.42 Å². The van der Waals surface area contributed by atoms with E-state index in [-0.39, 0.29) is 10.7 Å². The Hall–Kier alpha value is -1.24. The highest BCUT2D eigenvalue weighted by Gasteiger charge is 2.27. The number of piperidine rings is 1. The van der Waals surface area contributed by atoms with Crippen molar-refractivity contribution >= 4 is 21.5 Å². The van der Waals surface area contributed by atoms with Crippen LogP contribution in [0.5, 0.6) is 0 Å². The Kier molecular flexibility index (Phi) is 3.03. The lowest BCUT2D eigenvalue weighted by atomic mass is 10.1. The molecule has 2 rings (SSSR count). The van der Waals surface area contributed by atoms with E-state index in [2.05, 4.69) is 5.10 Å². The van der Waals surface area contributed by atoms with E-state index < -0.39 is 9.84 Å². The first-order chi connectivity index (χ1) is 7.91. The van der Waals surface area contributed by atoms with Gasteiger partial charge in [-0.25, -0.2) is 13.1 Å². The molecule has 2 N–H and O–H groups in total. The maximum atomic E-state index is 11.8. The molecule has 0 spiro atoms. The highest BCUT2D eigenvalue weighted by atomic mass is 32.2. The van der Waals surface area contributed by atoms with Gasteiger partial charge in [0.1, 0.15) is 5.82 Å². The van der Waals surface area contributed by atoms with Crippen LogP contribution in [-0.2, 0) is 16.9 Å². The molecule has 1 fully saturated rings. The quantitative estimate of drug-likeness (QED) is 0.830. The predicted octanol–water partition coefficient (Wildman–Crippen LogP) is 0.396. The van der Waals surface area contributed by atoms with E-state index in [1.807, 2.05) is 4.90 Å². The van der Waals surface area contributed by atoms with E-state index in [1.54, 1.807) is 7.05 Å². The Balaban J connectivity index is 2.50. The summed E-state index contributed by atoms with van der Waals surface area (Å²) in [5.41, 5.74) is 5.79. The third-order valence-electron chi connectivity index (χ3n) is 3.06. The van der Waals surface area contributed by atoms with Gasteiger partial charge in [-0.3, -0.25) is 0 Å². The van der Waals surface area contributed by atoms with Crippen LogP contribution in [0.15, 0.2) is 4.90 Å². The summed E-state index contributed by atoms with van der Waals surface area (Å²) in [5.74, 6) is 0.722. The van der Waals surface area contributed by atoms with E-state index in [4.69, 9.17) is 5.73 Å². The van der Waals surface area contributed by atoms with Gasteiger partial charge in [-0.05, 0) is 19.3 Å². The molecule has 96 valence electrons. The summed E-state index contributed by atoms with van der Waals surface area (Å²) in [5, 5.41) is 4.24. The SMILES string of the molecule is Cn1nc(N2CCCCC2)c(S(C)(=O)=O)c1N. The Bertz CT molecular complexity index is 515. The van der Waals surface area contributed by atoms with Crippen LogP contribution in [0.2, 0.25) is 0 Å². The second-order valence-corrected chi connectivity index (χ2v) is 6.43. The molecule has 17 heavy (non-hydrogen) atoms. The number of rotatable bonds is 2. The minimum atomic E-state index is -3.34. The normalized spacial score (nSPS) is 17.4. The Morgan fingerprint density at radius 3 is 2.35 bits per heavy atom. The molecule has 1 saturated heterocycles. The molecule has 0 unspecified atom stereocenters. The highest BCUT2D eigenvalue weighted by Crippen LogP contribution is 2.30. The number of nitrogens with two attached hydrogens (primary N) is 1. The molecular formula is C10H18N4O2S. The maximum absolute atomic E-state index is 11.8. The number of hydrogen-bond donors (Lipinski definition) is 1. The van der Waals surface area contributed by atoms with Crippen molar-refractivity contribution < 1.29 is 8.42 Å². The van der Waals surface area contributed by atoms with E-state index >= 15 is 0 Å². The summed E-state index contributed by atoms with van der Waals surface area (Å²) in [6.45, 7) is 1.69. The number of nitrogens with zero attached hydrogens (tertiary/aromatic N) is 3. The number of aromatic nitrogens is 2. The molecule has 0 amide bonds. The standard InChI is InChI=1S/C10H18N4O2S/c1-13-9(11)8(17(2,15)16)10(12-13)14-6-4-3-5-7-14/h3-7,11H2,1-2H3. The topological polar surface area (TPSA) is 81.2 Å². The van der Waals surface area contributed by atoms with Crippen LogP contribution in [0.4, 0.5) is 11.6 Å². The van der Waals surface area contributed by atoms with Crippen molar-refractivity contribution in [3.8, 4) is 0 Å². The Morgan fingerprint density at radius 1 is 1.24 bits per heavy atom. The van der Waals surface area contributed by atoms with Crippen LogP contribution in [0.3, 0.4) is 0 Å². The molecule has 7 heteroatoms. The van der Waals surface area contributed by atoms with Gasteiger partial charge in [0.2, 0.25) is 0 Å². The summed E-state index contributed by atoms with van der Waals surface area (Å²) in [6.07, 6.45) is 4.50. The summed E-state index contributed by atoms with van der Waals surface area (Å²) in [4.78, 5) is 2.18. The first-order valence-electron chi connectivity index (χ1n) is 5.68. The van der Waals surface area contributed by atoms with Gasteiger partial charge >= 0.3 is 0 Å². The third kappa shape index (κ3) is 2.24. The molecule has 1 aliphatic rings. The van der Waals surface area contributed by atoms with Crippen LogP contribution in [-0.4, -0.2) is 37.5 Å². The molecule has 1 aromatic rings. The van der Waals surface area contributed by atoms with Crippen LogP contribution in [0.1, 0.15) is 19.3 Å². The van der Waals surface area contributed by atoms with Gasteiger partial charge in [-0.15, -0.1) is 0 Å². The van der Waals surface area contributed by atoms with E-state index in [0.29, 0.717) is 5.82 Å². The van der Waals surface area contributed by atoms with Gasteiger partial charge in [0, 0.05) is 26.4 Å². The van der Waals surface area contributed by atoms with Crippen LogP contribution < -0.4 is 10.6 Å². The molecule has 0 aromatic carbocycles. The van der Waals surface area contributed by atoms with Crippen LogP contribution >= 0.6 is 0 Å². The number of nitrogen functional groups attached to an aromatic ring is 1. The van der Waals surface area contributed by atoms with Gasteiger partial charge in [0.25, 0.3) is 0 Å². The number of sulfone groups is 1. The smallest absolute Gasteiger partial charge is 0.182 e. The predicted molar refractivity (Wildman–Crippen MR) is 66.8 cm³/mol. The molecule has 1 aromatic heterocycles. The Morgan fingerprint density at radius 2 is 1.82 bits per heavy atom. The van der Waals surface area contributed by atoms with Gasteiger partial charge in [0.05, 0.1) is 0 Å². The van der Waals surface area contributed by atoms with Crippen molar-refractivity contribution in [3.05, 3.63) is 0 Å². The van der Waals surface area contributed by atoms with E-state index in [0.717, 1.165) is 25.9 Å². The summed E-state index contributed by atoms with van der Waals surface area (Å²) < 4.78 is 25.0. The van der Waals surface area contributed by atoms with Crippen molar-refractivity contribution in [1.82, 2.24) is 9.78 Å². The third-order valence-corrected chi connectivity index (χ3v) is 4.19. The average Bonchev–Trinajstić information content (AvgIpc) is 2.56. The number of anilines is 2. The lowest BCUT2D eigenvalue weighted by Gasteiger charge is -2.27. The lowest BCUT2D eigenvalue weighted by Crippen LogP contribution is -2.30. The van der Waals surface area contributed by atoms with Crippen molar-refractivity contribution in [2.45, 2.75) is 24.2 Å². The summed E-state index contributed by atoms with van der Waals surface area (Å²) in [7, 11) is -1.68. The highest BCUT2D eigenvalue weighted by molar-refractivity contribution is 7.91. The first kappa shape index (κ1) is 12.2. The zero-order chi connectivity index (χ0) is 12.6. The lowest BCUT2D eigenvalue weighted by molar-refractivity contribution is 0.565. The fourth-order valence-electron chi connectivity index (χ4n) is 2.17. The largest absolute Gasteiger partial charge is 0.383 e. The minimum absolute atomic E-state index is 0.168. The van der Waals surface area contributed by atoms with E-state index in [1.165, 1.54) is 17.4 Å². The van der Waals surface area contributed by atoms with Gasteiger partial charge in [-0.1, -0.05) is 0 Å². The van der Waals surface area contributed by atoms with Crippen molar-refractivity contribution in [1.29, 1.82) is 0 Å². The molecule has 1 aliphatic heterocycles. The second kappa shape index (κ2) is 4.21. The van der Waals surface area contributed by atoms with Crippen molar-refractivity contribution in [2.24, 2.45) is 7.05 Å². The minimum Gasteiger partial charge on any atom is -0.383 e. The van der Waals surface area contributed by atoms with Crippen LogP contribution in [0.25, 0.3) is 0 Å². The van der Waals surface area contributed by atoms with Crippen LogP contribution in [0, 0.1) is 0 Å². The Labute approximate surface area is 101 Å². The summed E-state index contributed by atoms with van der Waals surface area (Å²) >= 11 is 0. The molecule has 0 radical (unpaired) electrons. The number of hydrogen-bond acceptors (Lipinski definition) is 5.